The summed E-state index contributed by atoms with van der Waals surface area (Å²) in [5.41, 5.74) is 8.43. The first-order chi connectivity index (χ1) is 10.1. The molecular formula is C16H12BrN3O. The largest absolute Gasteiger partial charge is 0.398 e. The molecule has 0 bridgehead atoms. The molecule has 0 aliphatic rings. The number of pyridine rings is 1. The van der Waals surface area contributed by atoms with Crippen LogP contribution in [0.4, 0.5) is 11.4 Å². The van der Waals surface area contributed by atoms with Gasteiger partial charge in [0.15, 0.2) is 0 Å². The summed E-state index contributed by atoms with van der Waals surface area (Å²) >= 11 is 3.34. The Balaban J connectivity index is 1.91. The van der Waals surface area contributed by atoms with Gasteiger partial charge in [-0.15, -0.1) is 0 Å². The third kappa shape index (κ3) is 2.73. The molecular weight excluding hydrogens is 330 g/mol. The summed E-state index contributed by atoms with van der Waals surface area (Å²) < 4.78 is 0.602. The number of rotatable bonds is 2. The lowest BCUT2D eigenvalue weighted by atomic mass is 10.1. The van der Waals surface area contributed by atoms with E-state index >= 15 is 0 Å². The van der Waals surface area contributed by atoms with E-state index in [1.165, 1.54) is 0 Å². The first kappa shape index (κ1) is 13.6. The lowest BCUT2D eigenvalue weighted by Crippen LogP contribution is -2.13. The third-order valence-electron chi connectivity index (χ3n) is 3.13. The Labute approximate surface area is 130 Å². The molecule has 1 aromatic heterocycles. The minimum absolute atomic E-state index is 0.211. The maximum absolute atomic E-state index is 12.3. The summed E-state index contributed by atoms with van der Waals surface area (Å²) in [6.45, 7) is 0. The fraction of sp³-hybridized carbons (Fsp3) is 0. The average Bonchev–Trinajstić information content (AvgIpc) is 2.50. The van der Waals surface area contributed by atoms with Gasteiger partial charge in [0, 0.05) is 23.0 Å². The van der Waals surface area contributed by atoms with E-state index in [0.717, 1.165) is 16.6 Å². The van der Waals surface area contributed by atoms with Crippen LogP contribution in [-0.4, -0.2) is 10.9 Å². The molecule has 0 unspecified atom stereocenters. The number of nitrogens with one attached hydrogen (secondary N) is 1. The topological polar surface area (TPSA) is 68.0 Å². The normalized spacial score (nSPS) is 10.5. The van der Waals surface area contributed by atoms with Gasteiger partial charge >= 0.3 is 0 Å². The van der Waals surface area contributed by atoms with Crippen molar-refractivity contribution in [2.24, 2.45) is 0 Å². The minimum atomic E-state index is -0.211. The maximum atomic E-state index is 12.3. The third-order valence-corrected chi connectivity index (χ3v) is 4.02. The number of fused-ring (bicyclic) bond motifs is 1. The number of halogens is 1. The van der Waals surface area contributed by atoms with Gasteiger partial charge < -0.3 is 11.1 Å². The van der Waals surface area contributed by atoms with Crippen LogP contribution in [0.5, 0.6) is 0 Å². The number of nitrogens with zero attached hydrogens (tertiary/aromatic N) is 1. The highest BCUT2D eigenvalue weighted by Crippen LogP contribution is 2.25. The number of anilines is 2. The Morgan fingerprint density at radius 1 is 1.14 bits per heavy atom. The van der Waals surface area contributed by atoms with E-state index in [2.05, 4.69) is 26.2 Å². The SMILES string of the molecule is Nc1cccc(C(=O)Nc2ccc3ncccc3c2)c1Br. The molecule has 0 aliphatic heterocycles. The number of hydrogen-bond donors (Lipinski definition) is 2. The Hall–Kier alpha value is -2.40. The van der Waals surface area contributed by atoms with Crippen molar-refractivity contribution in [3.63, 3.8) is 0 Å². The van der Waals surface area contributed by atoms with Crippen LogP contribution in [0.3, 0.4) is 0 Å². The van der Waals surface area contributed by atoms with Crippen LogP contribution in [0.25, 0.3) is 10.9 Å². The van der Waals surface area contributed by atoms with Gasteiger partial charge in [0.2, 0.25) is 0 Å². The van der Waals surface area contributed by atoms with Crippen molar-refractivity contribution in [3.8, 4) is 0 Å². The zero-order chi connectivity index (χ0) is 14.8. The van der Waals surface area contributed by atoms with Gasteiger partial charge in [-0.1, -0.05) is 12.1 Å². The van der Waals surface area contributed by atoms with Gasteiger partial charge in [-0.3, -0.25) is 9.78 Å². The zero-order valence-electron chi connectivity index (χ0n) is 11.0. The first-order valence-corrected chi connectivity index (χ1v) is 7.14. The average molecular weight is 342 g/mol. The van der Waals surface area contributed by atoms with E-state index < -0.39 is 0 Å². The second kappa shape index (κ2) is 5.54. The standard InChI is InChI=1S/C16H12BrN3O/c17-15-12(4-1-5-13(15)18)16(21)20-11-6-7-14-10(9-11)3-2-8-19-14/h1-9H,18H2,(H,20,21). The van der Waals surface area contributed by atoms with E-state index in [1.54, 1.807) is 24.4 Å². The molecule has 3 rings (SSSR count). The molecule has 0 radical (unpaired) electrons. The number of aromatic nitrogens is 1. The predicted octanol–water partition coefficient (Wildman–Crippen LogP) is 3.83. The highest BCUT2D eigenvalue weighted by atomic mass is 79.9. The van der Waals surface area contributed by atoms with Crippen molar-refractivity contribution >= 4 is 44.1 Å². The summed E-state index contributed by atoms with van der Waals surface area (Å²) in [7, 11) is 0. The Kier molecular flexibility index (Phi) is 3.58. The molecule has 21 heavy (non-hydrogen) atoms. The molecule has 4 nitrogen and oxygen atoms in total. The summed E-state index contributed by atoms with van der Waals surface area (Å²) in [6.07, 6.45) is 1.74. The summed E-state index contributed by atoms with van der Waals surface area (Å²) in [5.74, 6) is -0.211. The van der Waals surface area contributed by atoms with Crippen molar-refractivity contribution in [1.29, 1.82) is 0 Å². The van der Waals surface area contributed by atoms with Gasteiger partial charge in [-0.25, -0.2) is 0 Å². The fourth-order valence-corrected chi connectivity index (χ4v) is 2.52. The molecule has 0 atom stereocenters. The van der Waals surface area contributed by atoms with Crippen LogP contribution in [-0.2, 0) is 0 Å². The maximum Gasteiger partial charge on any atom is 0.256 e. The molecule has 1 amide bonds. The Morgan fingerprint density at radius 2 is 2.00 bits per heavy atom. The fourth-order valence-electron chi connectivity index (χ4n) is 2.08. The number of nitrogen functional groups attached to an aromatic ring is 1. The van der Waals surface area contributed by atoms with Crippen LogP contribution >= 0.6 is 15.9 Å². The molecule has 0 fully saturated rings. The smallest absolute Gasteiger partial charge is 0.256 e. The lowest BCUT2D eigenvalue weighted by molar-refractivity contribution is 0.102. The van der Waals surface area contributed by atoms with E-state index in [4.69, 9.17) is 5.73 Å². The molecule has 3 N–H and O–H groups in total. The number of hydrogen-bond acceptors (Lipinski definition) is 3. The Bertz CT molecular complexity index is 833. The van der Waals surface area contributed by atoms with Crippen LogP contribution in [0, 0.1) is 0 Å². The molecule has 0 saturated carbocycles. The molecule has 5 heteroatoms. The van der Waals surface area contributed by atoms with E-state index in [0.29, 0.717) is 15.7 Å². The monoisotopic (exact) mass is 341 g/mol. The molecule has 0 aliphatic carbocycles. The summed E-state index contributed by atoms with van der Waals surface area (Å²) in [5, 5.41) is 3.84. The van der Waals surface area contributed by atoms with Crippen molar-refractivity contribution < 1.29 is 4.79 Å². The molecule has 0 spiro atoms. The number of carbonyl (C=O) groups excluding carboxylic acids is 1. The second-order valence-corrected chi connectivity index (χ2v) is 5.37. The van der Waals surface area contributed by atoms with Gasteiger partial charge in [0.1, 0.15) is 0 Å². The van der Waals surface area contributed by atoms with Crippen molar-refractivity contribution in [2.45, 2.75) is 0 Å². The van der Waals surface area contributed by atoms with Crippen LogP contribution in [0.15, 0.2) is 59.2 Å². The molecule has 1 heterocycles. The molecule has 0 saturated heterocycles. The number of carbonyl (C=O) groups is 1. The van der Waals surface area contributed by atoms with Crippen molar-refractivity contribution in [2.75, 3.05) is 11.1 Å². The van der Waals surface area contributed by atoms with E-state index in [-0.39, 0.29) is 5.91 Å². The highest BCUT2D eigenvalue weighted by Gasteiger charge is 2.12. The Morgan fingerprint density at radius 3 is 2.86 bits per heavy atom. The zero-order valence-corrected chi connectivity index (χ0v) is 12.6. The first-order valence-electron chi connectivity index (χ1n) is 6.35. The van der Waals surface area contributed by atoms with E-state index in [1.807, 2.05) is 30.3 Å². The van der Waals surface area contributed by atoms with Gasteiger partial charge in [-0.05, 0) is 52.3 Å². The summed E-state index contributed by atoms with van der Waals surface area (Å²) in [4.78, 5) is 16.6. The lowest BCUT2D eigenvalue weighted by Gasteiger charge is -2.09. The second-order valence-electron chi connectivity index (χ2n) is 4.57. The molecule has 2 aromatic carbocycles. The quantitative estimate of drug-likeness (QED) is 0.696. The molecule has 104 valence electrons. The van der Waals surface area contributed by atoms with Crippen molar-refractivity contribution in [1.82, 2.24) is 4.98 Å². The van der Waals surface area contributed by atoms with Crippen LogP contribution < -0.4 is 11.1 Å². The number of nitrogens with two attached hydrogens (primary N) is 1. The van der Waals surface area contributed by atoms with Gasteiger partial charge in [0.25, 0.3) is 5.91 Å². The van der Waals surface area contributed by atoms with Gasteiger partial charge in [0.05, 0.1) is 15.6 Å². The van der Waals surface area contributed by atoms with E-state index in [9.17, 15) is 4.79 Å². The van der Waals surface area contributed by atoms with Crippen LogP contribution in [0.1, 0.15) is 10.4 Å². The molecule has 3 aromatic rings. The predicted molar refractivity (Wildman–Crippen MR) is 88.3 cm³/mol. The van der Waals surface area contributed by atoms with Crippen LogP contribution in [0.2, 0.25) is 0 Å². The minimum Gasteiger partial charge on any atom is -0.398 e. The number of amides is 1. The van der Waals surface area contributed by atoms with Gasteiger partial charge in [-0.2, -0.15) is 0 Å². The number of benzene rings is 2. The summed E-state index contributed by atoms with van der Waals surface area (Å²) in [6, 6.07) is 14.6. The highest BCUT2D eigenvalue weighted by molar-refractivity contribution is 9.10. The van der Waals surface area contributed by atoms with Crippen molar-refractivity contribution in [3.05, 3.63) is 64.8 Å².